The van der Waals surface area contributed by atoms with Crippen LogP contribution >= 0.6 is 0 Å². The maximum Gasteiger partial charge on any atom is 0.337 e. The number of carbonyl (C=O) groups is 1. The van der Waals surface area contributed by atoms with Gasteiger partial charge in [-0.25, -0.2) is 4.79 Å². The summed E-state index contributed by atoms with van der Waals surface area (Å²) in [6, 6.07) is 12.1. The number of nitrogens with zero attached hydrogens (tertiary/aromatic N) is 2. The van der Waals surface area contributed by atoms with Gasteiger partial charge in [0, 0.05) is 17.0 Å². The van der Waals surface area contributed by atoms with Gasteiger partial charge in [0.05, 0.1) is 11.3 Å². The average molecular weight is 296 g/mol. The van der Waals surface area contributed by atoms with Crippen molar-refractivity contribution in [1.29, 1.82) is 0 Å². The SMILES string of the molecule is CC(C)n1nc2c(C(=O)O)cccc2c1-c1ccc(O)cc1. The van der Waals surface area contributed by atoms with Crippen LogP contribution in [0.15, 0.2) is 42.5 Å². The highest BCUT2D eigenvalue weighted by atomic mass is 16.4. The standard InChI is InChI=1S/C17H16N2O3/c1-10(2)19-16(11-6-8-12(20)9-7-11)13-4-3-5-14(17(21)22)15(13)18-19/h3-10,20H,1-2H3,(H,21,22). The molecule has 0 aliphatic rings. The molecule has 0 unspecified atom stereocenters. The monoisotopic (exact) mass is 296 g/mol. The van der Waals surface area contributed by atoms with Crippen molar-refractivity contribution in [3.63, 3.8) is 0 Å². The van der Waals surface area contributed by atoms with Gasteiger partial charge < -0.3 is 10.2 Å². The van der Waals surface area contributed by atoms with Crippen LogP contribution in [0.25, 0.3) is 22.2 Å². The van der Waals surface area contributed by atoms with E-state index in [9.17, 15) is 15.0 Å². The van der Waals surface area contributed by atoms with Crippen molar-refractivity contribution in [2.24, 2.45) is 0 Å². The minimum Gasteiger partial charge on any atom is -0.508 e. The van der Waals surface area contributed by atoms with Crippen molar-refractivity contribution < 1.29 is 15.0 Å². The Morgan fingerprint density at radius 2 is 1.82 bits per heavy atom. The number of hydrogen-bond donors (Lipinski definition) is 2. The Balaban J connectivity index is 2.36. The fraction of sp³-hybridized carbons (Fsp3) is 0.176. The summed E-state index contributed by atoms with van der Waals surface area (Å²) in [5.41, 5.74) is 2.41. The number of benzene rings is 2. The van der Waals surface area contributed by atoms with Gasteiger partial charge in [0.2, 0.25) is 0 Å². The number of rotatable bonds is 3. The summed E-state index contributed by atoms with van der Waals surface area (Å²) in [4.78, 5) is 11.4. The summed E-state index contributed by atoms with van der Waals surface area (Å²) < 4.78 is 1.82. The number of carboxylic acid groups (broad SMARTS) is 1. The van der Waals surface area contributed by atoms with E-state index in [-0.39, 0.29) is 17.4 Å². The lowest BCUT2D eigenvalue weighted by atomic mass is 10.0. The molecule has 1 aromatic heterocycles. The number of aromatic carboxylic acids is 1. The molecule has 2 aromatic carbocycles. The molecule has 0 amide bonds. The van der Waals surface area contributed by atoms with E-state index in [0.29, 0.717) is 5.52 Å². The number of phenols is 1. The molecule has 0 spiro atoms. The molecule has 0 bridgehead atoms. The molecule has 3 aromatic rings. The Kier molecular flexibility index (Phi) is 3.33. The second-order valence-corrected chi connectivity index (χ2v) is 5.44. The van der Waals surface area contributed by atoms with E-state index in [1.54, 1.807) is 36.4 Å². The van der Waals surface area contributed by atoms with Crippen LogP contribution in [0.2, 0.25) is 0 Å². The largest absolute Gasteiger partial charge is 0.508 e. The van der Waals surface area contributed by atoms with Crippen LogP contribution in [0.4, 0.5) is 0 Å². The molecule has 112 valence electrons. The maximum absolute atomic E-state index is 11.4. The van der Waals surface area contributed by atoms with Crippen molar-refractivity contribution in [1.82, 2.24) is 9.78 Å². The Bertz CT molecular complexity index is 848. The third-order valence-electron chi connectivity index (χ3n) is 3.59. The molecule has 2 N–H and O–H groups in total. The first-order valence-corrected chi connectivity index (χ1v) is 7.03. The van der Waals surface area contributed by atoms with Crippen LogP contribution in [0.3, 0.4) is 0 Å². The van der Waals surface area contributed by atoms with Gasteiger partial charge >= 0.3 is 5.97 Å². The van der Waals surface area contributed by atoms with E-state index in [4.69, 9.17) is 0 Å². The highest BCUT2D eigenvalue weighted by molar-refractivity contribution is 6.05. The highest BCUT2D eigenvalue weighted by Gasteiger charge is 2.19. The molecular weight excluding hydrogens is 280 g/mol. The van der Waals surface area contributed by atoms with Gasteiger partial charge in [-0.1, -0.05) is 12.1 Å². The first-order chi connectivity index (χ1) is 10.5. The molecular formula is C17H16N2O3. The second kappa shape index (κ2) is 5.18. The molecule has 0 aliphatic carbocycles. The van der Waals surface area contributed by atoms with Crippen LogP contribution < -0.4 is 0 Å². The second-order valence-electron chi connectivity index (χ2n) is 5.44. The third kappa shape index (κ3) is 2.20. The van der Waals surface area contributed by atoms with E-state index >= 15 is 0 Å². The number of hydrogen-bond acceptors (Lipinski definition) is 3. The molecule has 22 heavy (non-hydrogen) atoms. The zero-order valence-corrected chi connectivity index (χ0v) is 12.3. The molecule has 0 radical (unpaired) electrons. The van der Waals surface area contributed by atoms with Gasteiger partial charge in [0.1, 0.15) is 11.3 Å². The summed E-state index contributed by atoms with van der Waals surface area (Å²) in [5, 5.41) is 24.1. The summed E-state index contributed by atoms with van der Waals surface area (Å²) in [5.74, 6) is -0.800. The molecule has 0 aliphatic heterocycles. The van der Waals surface area contributed by atoms with Crippen LogP contribution in [0, 0.1) is 0 Å². The summed E-state index contributed by atoms with van der Waals surface area (Å²) in [6.07, 6.45) is 0. The van der Waals surface area contributed by atoms with Crippen molar-refractivity contribution in [2.45, 2.75) is 19.9 Å². The summed E-state index contributed by atoms with van der Waals surface area (Å²) in [7, 11) is 0. The maximum atomic E-state index is 11.4. The van der Waals surface area contributed by atoms with Crippen LogP contribution in [-0.2, 0) is 0 Å². The van der Waals surface area contributed by atoms with E-state index in [1.165, 1.54) is 0 Å². The van der Waals surface area contributed by atoms with Gasteiger partial charge in [-0.2, -0.15) is 5.10 Å². The molecule has 0 saturated heterocycles. The van der Waals surface area contributed by atoms with E-state index in [1.807, 2.05) is 24.6 Å². The fourth-order valence-corrected chi connectivity index (χ4v) is 2.58. The molecule has 3 rings (SSSR count). The first-order valence-electron chi connectivity index (χ1n) is 7.03. The number of carboxylic acids is 1. The van der Waals surface area contributed by atoms with Crippen LogP contribution in [0.5, 0.6) is 5.75 Å². The Morgan fingerprint density at radius 3 is 2.41 bits per heavy atom. The molecule has 5 heteroatoms. The van der Waals surface area contributed by atoms with E-state index in [0.717, 1.165) is 16.6 Å². The Labute approximate surface area is 127 Å². The zero-order chi connectivity index (χ0) is 15.9. The first kappa shape index (κ1) is 14.1. The molecule has 1 heterocycles. The lowest BCUT2D eigenvalue weighted by Crippen LogP contribution is -2.05. The highest BCUT2D eigenvalue weighted by Crippen LogP contribution is 2.33. The summed E-state index contributed by atoms with van der Waals surface area (Å²) >= 11 is 0. The van der Waals surface area contributed by atoms with Crippen molar-refractivity contribution >= 4 is 16.9 Å². The number of fused-ring (bicyclic) bond motifs is 1. The van der Waals surface area contributed by atoms with Crippen molar-refractivity contribution in [2.75, 3.05) is 0 Å². The molecule has 0 saturated carbocycles. The zero-order valence-electron chi connectivity index (χ0n) is 12.3. The fourth-order valence-electron chi connectivity index (χ4n) is 2.58. The van der Waals surface area contributed by atoms with Crippen molar-refractivity contribution in [3.05, 3.63) is 48.0 Å². The minimum absolute atomic E-state index is 0.0813. The van der Waals surface area contributed by atoms with Gasteiger partial charge in [0.25, 0.3) is 0 Å². The van der Waals surface area contributed by atoms with Crippen molar-refractivity contribution in [3.8, 4) is 17.0 Å². The predicted molar refractivity (Wildman–Crippen MR) is 84.2 cm³/mol. The number of phenolic OH excluding ortho intramolecular Hbond substituents is 1. The van der Waals surface area contributed by atoms with Gasteiger partial charge in [-0.3, -0.25) is 4.68 Å². The minimum atomic E-state index is -0.990. The lowest BCUT2D eigenvalue weighted by molar-refractivity contribution is 0.0698. The summed E-state index contributed by atoms with van der Waals surface area (Å²) in [6.45, 7) is 3.99. The number of aromatic nitrogens is 2. The van der Waals surface area contributed by atoms with E-state index in [2.05, 4.69) is 5.10 Å². The van der Waals surface area contributed by atoms with Gasteiger partial charge in [-0.15, -0.1) is 0 Å². The predicted octanol–water partition coefficient (Wildman–Crippen LogP) is 3.69. The topological polar surface area (TPSA) is 75.4 Å². The third-order valence-corrected chi connectivity index (χ3v) is 3.59. The normalized spacial score (nSPS) is 11.2. The van der Waals surface area contributed by atoms with Gasteiger partial charge in [0.15, 0.2) is 0 Å². The smallest absolute Gasteiger partial charge is 0.337 e. The van der Waals surface area contributed by atoms with Crippen LogP contribution in [-0.4, -0.2) is 26.0 Å². The van der Waals surface area contributed by atoms with Crippen LogP contribution in [0.1, 0.15) is 30.2 Å². The lowest BCUT2D eigenvalue weighted by Gasteiger charge is -2.11. The quantitative estimate of drug-likeness (QED) is 0.773. The Morgan fingerprint density at radius 1 is 1.14 bits per heavy atom. The molecule has 0 fully saturated rings. The number of aromatic hydroxyl groups is 1. The molecule has 0 atom stereocenters. The Hall–Kier alpha value is -2.82. The van der Waals surface area contributed by atoms with Gasteiger partial charge in [-0.05, 0) is 44.2 Å². The average Bonchev–Trinajstić information content (AvgIpc) is 2.87. The molecule has 5 nitrogen and oxygen atoms in total. The van der Waals surface area contributed by atoms with E-state index < -0.39 is 5.97 Å².